The van der Waals surface area contributed by atoms with Crippen molar-refractivity contribution in [3.05, 3.63) is 24.3 Å². The molecular formula is C15H22N2O2. The Morgan fingerprint density at radius 1 is 1.47 bits per heavy atom. The van der Waals surface area contributed by atoms with E-state index >= 15 is 0 Å². The molecule has 19 heavy (non-hydrogen) atoms. The highest BCUT2D eigenvalue weighted by Gasteiger charge is 2.21. The van der Waals surface area contributed by atoms with Gasteiger partial charge in [0.05, 0.1) is 6.61 Å². The number of anilines is 2. The van der Waals surface area contributed by atoms with Crippen molar-refractivity contribution in [1.82, 2.24) is 0 Å². The smallest absolute Gasteiger partial charge is 0.227 e. The summed E-state index contributed by atoms with van der Waals surface area (Å²) in [6.45, 7) is 6.32. The second-order valence-electron chi connectivity index (χ2n) is 4.90. The predicted octanol–water partition coefficient (Wildman–Crippen LogP) is 2.65. The average Bonchev–Trinajstić information content (AvgIpc) is 2.83. The molecule has 2 rings (SSSR count). The topological polar surface area (TPSA) is 41.6 Å². The summed E-state index contributed by atoms with van der Waals surface area (Å²) in [6, 6.07) is 8.28. The largest absolute Gasteiger partial charge is 0.380 e. The van der Waals surface area contributed by atoms with Crippen LogP contribution in [0.15, 0.2) is 24.3 Å². The molecule has 1 saturated heterocycles. The van der Waals surface area contributed by atoms with Crippen LogP contribution < -0.4 is 10.2 Å². The minimum Gasteiger partial charge on any atom is -0.380 e. The number of ether oxygens (including phenoxy) is 1. The lowest BCUT2D eigenvalue weighted by Crippen LogP contribution is -2.24. The second kappa shape index (κ2) is 6.57. The first-order valence-electron chi connectivity index (χ1n) is 6.95. The van der Waals surface area contributed by atoms with E-state index in [4.69, 9.17) is 4.74 Å². The molecule has 0 spiro atoms. The summed E-state index contributed by atoms with van der Waals surface area (Å²) >= 11 is 0. The van der Waals surface area contributed by atoms with E-state index in [-0.39, 0.29) is 11.9 Å². The number of nitrogens with zero attached hydrogens (tertiary/aromatic N) is 1. The van der Waals surface area contributed by atoms with Gasteiger partial charge in [0.15, 0.2) is 0 Å². The Morgan fingerprint density at radius 2 is 2.32 bits per heavy atom. The van der Waals surface area contributed by atoms with Crippen molar-refractivity contribution in [2.75, 3.05) is 30.0 Å². The van der Waals surface area contributed by atoms with E-state index in [0.29, 0.717) is 13.0 Å². The summed E-state index contributed by atoms with van der Waals surface area (Å²) in [7, 11) is 0. The molecule has 1 aliphatic heterocycles. The molecule has 4 heteroatoms. The molecule has 1 fully saturated rings. The summed E-state index contributed by atoms with van der Waals surface area (Å²) in [5.74, 6) is 0.222. The van der Waals surface area contributed by atoms with Crippen LogP contribution in [0.3, 0.4) is 0 Å². The number of carbonyl (C=O) groups is 1. The first kappa shape index (κ1) is 13.9. The molecule has 0 saturated carbocycles. The van der Waals surface area contributed by atoms with Gasteiger partial charge in [0, 0.05) is 37.0 Å². The van der Waals surface area contributed by atoms with Crippen molar-refractivity contribution < 1.29 is 9.53 Å². The zero-order valence-corrected chi connectivity index (χ0v) is 11.7. The van der Waals surface area contributed by atoms with E-state index < -0.39 is 0 Å². The van der Waals surface area contributed by atoms with Crippen molar-refractivity contribution in [2.24, 2.45) is 0 Å². The lowest BCUT2D eigenvalue weighted by atomic mass is 10.2. The van der Waals surface area contributed by atoms with Gasteiger partial charge in [-0.3, -0.25) is 4.79 Å². The molecule has 1 heterocycles. The Morgan fingerprint density at radius 3 is 3.00 bits per heavy atom. The molecule has 1 aromatic carbocycles. The Labute approximate surface area is 114 Å². The zero-order valence-electron chi connectivity index (χ0n) is 11.7. The SMILES string of the molecule is CCOCC(C)Nc1cccc(N2CCCC2=O)c1. The van der Waals surface area contributed by atoms with Gasteiger partial charge in [-0.1, -0.05) is 6.07 Å². The molecule has 0 aromatic heterocycles. The molecule has 4 nitrogen and oxygen atoms in total. The maximum atomic E-state index is 11.7. The molecule has 1 aromatic rings. The summed E-state index contributed by atoms with van der Waals surface area (Å²) in [5, 5.41) is 3.39. The van der Waals surface area contributed by atoms with E-state index in [1.165, 1.54) is 0 Å². The van der Waals surface area contributed by atoms with Crippen molar-refractivity contribution in [3.63, 3.8) is 0 Å². The van der Waals surface area contributed by atoms with Gasteiger partial charge in [-0.05, 0) is 38.5 Å². The number of rotatable bonds is 6. The second-order valence-corrected chi connectivity index (χ2v) is 4.90. The van der Waals surface area contributed by atoms with Crippen LogP contribution in [0.1, 0.15) is 26.7 Å². The van der Waals surface area contributed by atoms with Crippen LogP contribution in [0.25, 0.3) is 0 Å². The fraction of sp³-hybridized carbons (Fsp3) is 0.533. The Kier molecular flexibility index (Phi) is 4.80. The summed E-state index contributed by atoms with van der Waals surface area (Å²) in [5.41, 5.74) is 2.01. The van der Waals surface area contributed by atoms with Crippen molar-refractivity contribution in [1.29, 1.82) is 0 Å². The third kappa shape index (κ3) is 3.70. The number of hydrogen-bond donors (Lipinski definition) is 1. The monoisotopic (exact) mass is 262 g/mol. The maximum Gasteiger partial charge on any atom is 0.227 e. The maximum absolute atomic E-state index is 11.7. The molecule has 0 radical (unpaired) electrons. The van der Waals surface area contributed by atoms with Crippen LogP contribution in [-0.2, 0) is 9.53 Å². The van der Waals surface area contributed by atoms with Crippen molar-refractivity contribution in [2.45, 2.75) is 32.7 Å². The third-order valence-corrected chi connectivity index (χ3v) is 3.22. The summed E-state index contributed by atoms with van der Waals surface area (Å²) in [6.07, 6.45) is 1.62. The highest BCUT2D eigenvalue weighted by Crippen LogP contribution is 2.24. The molecule has 104 valence electrons. The zero-order chi connectivity index (χ0) is 13.7. The van der Waals surface area contributed by atoms with Gasteiger partial charge in [-0.2, -0.15) is 0 Å². The van der Waals surface area contributed by atoms with Crippen LogP contribution in [0.4, 0.5) is 11.4 Å². The highest BCUT2D eigenvalue weighted by atomic mass is 16.5. The predicted molar refractivity (Wildman–Crippen MR) is 77.6 cm³/mol. The molecule has 1 unspecified atom stereocenters. The van der Waals surface area contributed by atoms with Gasteiger partial charge in [-0.25, -0.2) is 0 Å². The van der Waals surface area contributed by atoms with Gasteiger partial charge in [0.1, 0.15) is 0 Å². The van der Waals surface area contributed by atoms with E-state index in [1.54, 1.807) is 0 Å². The molecule has 1 aliphatic rings. The van der Waals surface area contributed by atoms with E-state index in [0.717, 1.165) is 30.9 Å². The number of carbonyl (C=O) groups excluding carboxylic acids is 1. The molecule has 1 atom stereocenters. The number of benzene rings is 1. The lowest BCUT2D eigenvalue weighted by molar-refractivity contribution is -0.117. The van der Waals surface area contributed by atoms with Crippen molar-refractivity contribution >= 4 is 17.3 Å². The molecule has 0 aliphatic carbocycles. The molecule has 0 bridgehead atoms. The highest BCUT2D eigenvalue weighted by molar-refractivity contribution is 5.95. The molecular weight excluding hydrogens is 240 g/mol. The first-order chi connectivity index (χ1) is 9.20. The number of nitrogens with one attached hydrogen (secondary N) is 1. The Hall–Kier alpha value is -1.55. The van der Waals surface area contributed by atoms with Crippen molar-refractivity contribution in [3.8, 4) is 0 Å². The van der Waals surface area contributed by atoms with Crippen LogP contribution >= 0.6 is 0 Å². The fourth-order valence-electron chi connectivity index (χ4n) is 2.31. The molecule has 1 N–H and O–H groups in total. The third-order valence-electron chi connectivity index (χ3n) is 3.22. The van der Waals surface area contributed by atoms with Gasteiger partial charge >= 0.3 is 0 Å². The summed E-state index contributed by atoms with van der Waals surface area (Å²) < 4.78 is 5.39. The standard InChI is InChI=1S/C15H22N2O2/c1-3-19-11-12(2)16-13-6-4-7-14(10-13)17-9-5-8-15(17)18/h4,6-7,10,12,16H,3,5,8-9,11H2,1-2H3. The Balaban J connectivity index is 2.00. The number of hydrogen-bond acceptors (Lipinski definition) is 3. The lowest BCUT2D eigenvalue weighted by Gasteiger charge is -2.19. The first-order valence-corrected chi connectivity index (χ1v) is 6.95. The van der Waals surface area contributed by atoms with Gasteiger partial charge < -0.3 is 15.0 Å². The summed E-state index contributed by atoms with van der Waals surface area (Å²) in [4.78, 5) is 13.6. The minimum absolute atomic E-state index is 0.222. The fourth-order valence-corrected chi connectivity index (χ4v) is 2.31. The van der Waals surface area contributed by atoms with Crippen LogP contribution in [0.5, 0.6) is 0 Å². The molecule has 1 amide bonds. The van der Waals surface area contributed by atoms with Crippen LogP contribution in [0, 0.1) is 0 Å². The van der Waals surface area contributed by atoms with Gasteiger partial charge in [0.2, 0.25) is 5.91 Å². The van der Waals surface area contributed by atoms with E-state index in [9.17, 15) is 4.79 Å². The quantitative estimate of drug-likeness (QED) is 0.857. The minimum atomic E-state index is 0.222. The van der Waals surface area contributed by atoms with Crippen LogP contribution in [0.2, 0.25) is 0 Å². The van der Waals surface area contributed by atoms with Gasteiger partial charge in [0.25, 0.3) is 0 Å². The van der Waals surface area contributed by atoms with E-state index in [1.807, 2.05) is 36.1 Å². The van der Waals surface area contributed by atoms with Crippen LogP contribution in [-0.4, -0.2) is 31.7 Å². The Bertz CT molecular complexity index is 434. The normalized spacial score (nSPS) is 16.7. The van der Waals surface area contributed by atoms with Gasteiger partial charge in [-0.15, -0.1) is 0 Å². The van der Waals surface area contributed by atoms with E-state index in [2.05, 4.69) is 12.2 Å². The number of amides is 1. The average molecular weight is 262 g/mol.